The first-order valence-electron chi connectivity index (χ1n) is 3.05. The van der Waals surface area contributed by atoms with Crippen LogP contribution < -0.4 is 10.5 Å². The Balaban J connectivity index is 2.91. The van der Waals surface area contributed by atoms with Crippen LogP contribution in [0.1, 0.15) is 5.69 Å². The van der Waals surface area contributed by atoms with E-state index >= 15 is 0 Å². The molecule has 0 saturated carbocycles. The summed E-state index contributed by atoms with van der Waals surface area (Å²) in [4.78, 5) is 7.83. The van der Waals surface area contributed by atoms with Crippen molar-refractivity contribution >= 4 is 5.70 Å². The van der Waals surface area contributed by atoms with E-state index in [0.29, 0.717) is 17.3 Å². The van der Waals surface area contributed by atoms with Gasteiger partial charge in [-0.15, -0.1) is 0 Å². The molecule has 4 heteroatoms. The Bertz CT molecular complexity index is 255. The molecule has 58 valence electrons. The van der Waals surface area contributed by atoms with E-state index in [1.165, 1.54) is 19.5 Å². The Morgan fingerprint density at radius 3 is 2.64 bits per heavy atom. The maximum atomic E-state index is 5.37. The second-order valence-electron chi connectivity index (χ2n) is 1.97. The van der Waals surface area contributed by atoms with Gasteiger partial charge in [0, 0.05) is 0 Å². The largest absolute Gasteiger partial charge is 0.480 e. The van der Waals surface area contributed by atoms with Crippen LogP contribution >= 0.6 is 0 Å². The first-order chi connectivity index (χ1) is 5.24. The molecule has 0 fully saturated rings. The van der Waals surface area contributed by atoms with Gasteiger partial charge in [0.25, 0.3) is 0 Å². The van der Waals surface area contributed by atoms with Crippen molar-refractivity contribution in [3.8, 4) is 5.88 Å². The van der Waals surface area contributed by atoms with Crippen molar-refractivity contribution in [2.45, 2.75) is 0 Å². The molecule has 0 amide bonds. The van der Waals surface area contributed by atoms with Gasteiger partial charge in [0.05, 0.1) is 25.2 Å². The van der Waals surface area contributed by atoms with Crippen molar-refractivity contribution in [1.29, 1.82) is 0 Å². The van der Waals surface area contributed by atoms with Crippen LogP contribution in [0.25, 0.3) is 5.70 Å². The fourth-order valence-corrected chi connectivity index (χ4v) is 0.587. The summed E-state index contributed by atoms with van der Waals surface area (Å²) in [6.07, 6.45) is 3.01. The van der Waals surface area contributed by atoms with E-state index in [2.05, 4.69) is 16.5 Å². The second kappa shape index (κ2) is 3.01. The third-order valence-electron chi connectivity index (χ3n) is 1.17. The van der Waals surface area contributed by atoms with Crippen molar-refractivity contribution in [3.05, 3.63) is 24.7 Å². The monoisotopic (exact) mass is 151 g/mol. The number of aromatic nitrogens is 2. The number of hydrogen-bond acceptors (Lipinski definition) is 4. The molecule has 0 unspecified atom stereocenters. The van der Waals surface area contributed by atoms with Crippen molar-refractivity contribution in [3.63, 3.8) is 0 Å². The van der Waals surface area contributed by atoms with Crippen molar-refractivity contribution in [2.24, 2.45) is 5.73 Å². The lowest BCUT2D eigenvalue weighted by Gasteiger charge is -1.99. The highest BCUT2D eigenvalue weighted by Gasteiger charge is 1.96. The van der Waals surface area contributed by atoms with Gasteiger partial charge in [-0.1, -0.05) is 6.58 Å². The normalized spacial score (nSPS) is 9.18. The molecule has 0 aliphatic carbocycles. The van der Waals surface area contributed by atoms with Gasteiger partial charge in [0.2, 0.25) is 5.88 Å². The van der Waals surface area contributed by atoms with E-state index in [1.54, 1.807) is 0 Å². The van der Waals surface area contributed by atoms with Gasteiger partial charge in [-0.2, -0.15) is 0 Å². The highest BCUT2D eigenvalue weighted by molar-refractivity contribution is 5.55. The number of rotatable bonds is 2. The molecular formula is C7H9N3O. The standard InChI is InChI=1S/C7H9N3O/c1-5(8)6-3-10-7(11-2)4-9-6/h3-4H,1,8H2,2H3. The van der Waals surface area contributed by atoms with Gasteiger partial charge in [-0.3, -0.25) is 0 Å². The molecule has 0 radical (unpaired) electrons. The van der Waals surface area contributed by atoms with Crippen LogP contribution in [0.2, 0.25) is 0 Å². The minimum absolute atomic E-state index is 0.403. The summed E-state index contributed by atoms with van der Waals surface area (Å²) in [5, 5.41) is 0. The molecule has 11 heavy (non-hydrogen) atoms. The van der Waals surface area contributed by atoms with E-state index in [1.807, 2.05) is 0 Å². The molecule has 1 heterocycles. The average molecular weight is 151 g/mol. The van der Waals surface area contributed by atoms with E-state index in [9.17, 15) is 0 Å². The molecule has 0 aliphatic rings. The molecule has 1 aromatic heterocycles. The smallest absolute Gasteiger partial charge is 0.232 e. The molecule has 1 rings (SSSR count). The molecule has 4 nitrogen and oxygen atoms in total. The zero-order chi connectivity index (χ0) is 8.27. The fraction of sp³-hybridized carbons (Fsp3) is 0.143. The summed E-state index contributed by atoms with van der Waals surface area (Å²) >= 11 is 0. The zero-order valence-electron chi connectivity index (χ0n) is 6.24. The minimum Gasteiger partial charge on any atom is -0.480 e. The third-order valence-corrected chi connectivity index (χ3v) is 1.17. The van der Waals surface area contributed by atoms with Crippen molar-refractivity contribution in [1.82, 2.24) is 9.97 Å². The van der Waals surface area contributed by atoms with Gasteiger partial charge in [0.15, 0.2) is 0 Å². The average Bonchev–Trinajstić information content (AvgIpc) is 2.05. The minimum atomic E-state index is 0.403. The molecule has 0 aliphatic heterocycles. The lowest BCUT2D eigenvalue weighted by Crippen LogP contribution is -1.98. The van der Waals surface area contributed by atoms with Crippen molar-refractivity contribution in [2.75, 3.05) is 7.11 Å². The van der Waals surface area contributed by atoms with Gasteiger partial charge >= 0.3 is 0 Å². The quantitative estimate of drug-likeness (QED) is 0.665. The third kappa shape index (κ3) is 1.67. The molecule has 0 spiro atoms. The first kappa shape index (κ1) is 7.53. The lowest BCUT2D eigenvalue weighted by atomic mass is 10.4. The van der Waals surface area contributed by atoms with Crippen LogP contribution in [-0.2, 0) is 0 Å². The fourth-order valence-electron chi connectivity index (χ4n) is 0.587. The zero-order valence-corrected chi connectivity index (χ0v) is 6.24. The Morgan fingerprint density at radius 2 is 2.27 bits per heavy atom. The molecule has 0 atom stereocenters. The molecule has 1 aromatic rings. The Labute approximate surface area is 64.7 Å². The topological polar surface area (TPSA) is 61.0 Å². The number of hydrogen-bond donors (Lipinski definition) is 1. The van der Waals surface area contributed by atoms with Gasteiger partial charge in [-0.25, -0.2) is 9.97 Å². The van der Waals surface area contributed by atoms with E-state index in [0.717, 1.165) is 0 Å². The number of methoxy groups -OCH3 is 1. The van der Waals surface area contributed by atoms with E-state index < -0.39 is 0 Å². The van der Waals surface area contributed by atoms with Crippen LogP contribution in [0.4, 0.5) is 0 Å². The summed E-state index contributed by atoms with van der Waals surface area (Å²) in [6.45, 7) is 3.52. The highest BCUT2D eigenvalue weighted by atomic mass is 16.5. The van der Waals surface area contributed by atoms with Crippen LogP contribution in [-0.4, -0.2) is 17.1 Å². The van der Waals surface area contributed by atoms with Crippen LogP contribution in [0, 0.1) is 0 Å². The Hall–Kier alpha value is -1.58. The maximum Gasteiger partial charge on any atom is 0.232 e. The van der Waals surface area contributed by atoms with E-state index in [4.69, 9.17) is 10.5 Å². The molecule has 0 saturated heterocycles. The Kier molecular flexibility index (Phi) is 2.06. The Morgan fingerprint density at radius 1 is 1.55 bits per heavy atom. The summed E-state index contributed by atoms with van der Waals surface area (Å²) in [7, 11) is 1.53. The van der Waals surface area contributed by atoms with E-state index in [-0.39, 0.29) is 0 Å². The summed E-state index contributed by atoms with van der Waals surface area (Å²) in [5.41, 5.74) is 6.35. The van der Waals surface area contributed by atoms with Gasteiger partial charge in [0.1, 0.15) is 5.69 Å². The molecule has 0 bridgehead atoms. The first-order valence-corrected chi connectivity index (χ1v) is 3.05. The van der Waals surface area contributed by atoms with Crippen LogP contribution in [0.3, 0.4) is 0 Å². The number of nitrogens with zero attached hydrogens (tertiary/aromatic N) is 2. The lowest BCUT2D eigenvalue weighted by molar-refractivity contribution is 0.395. The summed E-state index contributed by atoms with van der Waals surface area (Å²) in [6, 6.07) is 0. The number of ether oxygens (including phenoxy) is 1. The summed E-state index contributed by atoms with van der Waals surface area (Å²) in [5.74, 6) is 0.468. The number of nitrogens with two attached hydrogens (primary N) is 1. The van der Waals surface area contributed by atoms with Gasteiger partial charge < -0.3 is 10.5 Å². The van der Waals surface area contributed by atoms with Crippen molar-refractivity contribution < 1.29 is 4.74 Å². The predicted molar refractivity (Wildman–Crippen MR) is 41.8 cm³/mol. The maximum absolute atomic E-state index is 5.37. The summed E-state index contributed by atoms with van der Waals surface area (Å²) < 4.78 is 4.80. The SMILES string of the molecule is C=C(N)c1cnc(OC)cn1. The van der Waals surface area contributed by atoms with Gasteiger partial charge in [-0.05, 0) is 0 Å². The predicted octanol–water partition coefficient (Wildman–Crippen LogP) is 0.415. The molecule has 0 aromatic carbocycles. The van der Waals surface area contributed by atoms with Crippen LogP contribution in [0.5, 0.6) is 5.88 Å². The second-order valence-corrected chi connectivity index (χ2v) is 1.97. The molecular weight excluding hydrogens is 142 g/mol. The highest BCUT2D eigenvalue weighted by Crippen LogP contribution is 2.05. The van der Waals surface area contributed by atoms with Crippen LogP contribution in [0.15, 0.2) is 19.0 Å². The molecule has 2 N–H and O–H groups in total.